The molecule has 0 bridgehead atoms. The molecule has 1 aromatic heterocycles. The highest BCUT2D eigenvalue weighted by atomic mass is 16.3. The average Bonchev–Trinajstić information content (AvgIpc) is 2.95. The van der Waals surface area contributed by atoms with Crippen LogP contribution in [0.3, 0.4) is 0 Å². The van der Waals surface area contributed by atoms with E-state index in [1.165, 1.54) is 0 Å². The first kappa shape index (κ1) is 15.8. The zero-order valence-electron chi connectivity index (χ0n) is 12.6. The third kappa shape index (κ3) is 4.70. The molecule has 1 heterocycles. The second-order valence-corrected chi connectivity index (χ2v) is 5.59. The van der Waals surface area contributed by atoms with Crippen LogP contribution in [0.2, 0.25) is 0 Å². The van der Waals surface area contributed by atoms with Gasteiger partial charge in [-0.1, -0.05) is 6.92 Å². The first-order valence-corrected chi connectivity index (χ1v) is 7.74. The molecule has 0 radical (unpaired) electrons. The first-order valence-electron chi connectivity index (χ1n) is 7.74. The van der Waals surface area contributed by atoms with Crippen molar-refractivity contribution in [2.45, 2.75) is 51.6 Å². The van der Waals surface area contributed by atoms with E-state index in [2.05, 4.69) is 20.8 Å². The maximum atomic E-state index is 11.8. The van der Waals surface area contributed by atoms with Crippen LogP contribution in [0.15, 0.2) is 6.33 Å². The van der Waals surface area contributed by atoms with Crippen LogP contribution in [0.25, 0.3) is 0 Å². The molecule has 1 fully saturated rings. The fraction of sp³-hybridized carbons (Fsp3) is 0.786. The molecular weight excluding hydrogens is 270 g/mol. The summed E-state index contributed by atoms with van der Waals surface area (Å²) in [4.78, 5) is 11.8. The van der Waals surface area contributed by atoms with E-state index < -0.39 is 0 Å². The zero-order valence-corrected chi connectivity index (χ0v) is 12.6. The first-order chi connectivity index (χ1) is 10.2. The number of carbonyl (C=O) groups excluding carboxylic acids is 1. The van der Waals surface area contributed by atoms with Crippen molar-refractivity contribution < 1.29 is 9.90 Å². The monoisotopic (exact) mass is 295 g/mol. The van der Waals surface area contributed by atoms with E-state index in [9.17, 15) is 4.79 Å². The number of aliphatic hydroxyl groups is 1. The minimum atomic E-state index is -0.117. The molecule has 3 N–H and O–H groups in total. The molecule has 21 heavy (non-hydrogen) atoms. The predicted molar refractivity (Wildman–Crippen MR) is 78.8 cm³/mol. The van der Waals surface area contributed by atoms with Crippen molar-refractivity contribution >= 4 is 6.03 Å². The Kier molecular flexibility index (Phi) is 5.98. The quantitative estimate of drug-likeness (QED) is 0.720. The maximum Gasteiger partial charge on any atom is 0.315 e. The second kappa shape index (κ2) is 7.97. The molecular formula is C14H25N5O2. The van der Waals surface area contributed by atoms with E-state index in [1.807, 2.05) is 11.5 Å². The molecule has 1 aliphatic rings. The van der Waals surface area contributed by atoms with Crippen molar-refractivity contribution in [2.75, 3.05) is 13.2 Å². The molecule has 1 aliphatic carbocycles. The lowest BCUT2D eigenvalue weighted by atomic mass is 9.87. The van der Waals surface area contributed by atoms with Gasteiger partial charge in [0.2, 0.25) is 0 Å². The zero-order chi connectivity index (χ0) is 15.1. The summed E-state index contributed by atoms with van der Waals surface area (Å²) >= 11 is 0. The summed E-state index contributed by atoms with van der Waals surface area (Å²) in [5, 5.41) is 22.8. The van der Waals surface area contributed by atoms with Crippen molar-refractivity contribution in [2.24, 2.45) is 5.92 Å². The van der Waals surface area contributed by atoms with Crippen LogP contribution < -0.4 is 10.6 Å². The molecule has 2 rings (SSSR count). The van der Waals surface area contributed by atoms with Gasteiger partial charge in [0.25, 0.3) is 0 Å². The number of nitrogens with one attached hydrogen (secondary N) is 2. The summed E-state index contributed by atoms with van der Waals surface area (Å²) in [6.07, 6.45) is 6.40. The molecule has 7 nitrogen and oxygen atoms in total. The number of nitrogens with zero attached hydrogens (tertiary/aromatic N) is 3. The van der Waals surface area contributed by atoms with Crippen LogP contribution in [-0.2, 0) is 13.0 Å². The molecule has 1 saturated carbocycles. The normalized spacial score (nSPS) is 22.0. The standard InChI is InChI=1S/C14H25N5O2/c1-2-13-18-16-10-19(13)8-7-15-14(21)17-12-5-3-11(9-20)4-6-12/h10-12,20H,2-9H2,1H3,(H2,15,17,21). The van der Waals surface area contributed by atoms with Gasteiger partial charge in [-0.05, 0) is 31.6 Å². The van der Waals surface area contributed by atoms with Crippen molar-refractivity contribution in [1.29, 1.82) is 0 Å². The van der Waals surface area contributed by atoms with E-state index in [0.717, 1.165) is 37.9 Å². The summed E-state index contributed by atoms with van der Waals surface area (Å²) in [6, 6.07) is 0.113. The van der Waals surface area contributed by atoms with Gasteiger partial charge in [0.15, 0.2) is 0 Å². The molecule has 0 unspecified atom stereocenters. The van der Waals surface area contributed by atoms with Gasteiger partial charge in [-0.15, -0.1) is 10.2 Å². The van der Waals surface area contributed by atoms with E-state index in [4.69, 9.17) is 5.11 Å². The maximum absolute atomic E-state index is 11.8. The molecule has 0 atom stereocenters. The SMILES string of the molecule is CCc1nncn1CCNC(=O)NC1CCC(CO)CC1. The van der Waals surface area contributed by atoms with Crippen LogP contribution in [0.4, 0.5) is 4.79 Å². The third-order valence-electron chi connectivity index (χ3n) is 4.09. The number of aromatic nitrogens is 3. The molecule has 0 aromatic carbocycles. The summed E-state index contributed by atoms with van der Waals surface area (Å²) < 4.78 is 1.95. The van der Waals surface area contributed by atoms with Gasteiger partial charge in [0.1, 0.15) is 12.2 Å². The topological polar surface area (TPSA) is 92.1 Å². The Hall–Kier alpha value is -1.63. The Balaban J connectivity index is 1.64. The molecule has 0 spiro atoms. The second-order valence-electron chi connectivity index (χ2n) is 5.59. The smallest absolute Gasteiger partial charge is 0.315 e. The number of carbonyl (C=O) groups is 1. The lowest BCUT2D eigenvalue weighted by Crippen LogP contribution is -2.44. The number of rotatable bonds is 6. The number of aliphatic hydroxyl groups excluding tert-OH is 1. The molecule has 0 aliphatic heterocycles. The van der Waals surface area contributed by atoms with Gasteiger partial charge in [-0.25, -0.2) is 4.79 Å². The summed E-state index contributed by atoms with van der Waals surface area (Å²) in [6.45, 7) is 3.53. The highest BCUT2D eigenvalue weighted by Gasteiger charge is 2.21. The molecule has 118 valence electrons. The van der Waals surface area contributed by atoms with Gasteiger partial charge in [0, 0.05) is 32.2 Å². The van der Waals surface area contributed by atoms with Crippen molar-refractivity contribution in [1.82, 2.24) is 25.4 Å². The number of aryl methyl sites for hydroxylation is 1. The van der Waals surface area contributed by atoms with E-state index in [-0.39, 0.29) is 18.7 Å². The molecule has 7 heteroatoms. The Morgan fingerprint density at radius 1 is 1.43 bits per heavy atom. The fourth-order valence-electron chi connectivity index (χ4n) is 2.76. The number of hydrogen-bond donors (Lipinski definition) is 3. The predicted octanol–water partition coefficient (Wildman–Crippen LogP) is 0.691. The Bertz CT molecular complexity index is 440. The largest absolute Gasteiger partial charge is 0.396 e. The van der Waals surface area contributed by atoms with Gasteiger partial charge in [-0.2, -0.15) is 0 Å². The number of amides is 2. The summed E-state index contributed by atoms with van der Waals surface area (Å²) in [7, 11) is 0. The van der Waals surface area contributed by atoms with E-state index in [1.54, 1.807) is 6.33 Å². The van der Waals surface area contributed by atoms with Crippen molar-refractivity contribution in [3.05, 3.63) is 12.2 Å². The lowest BCUT2D eigenvalue weighted by Gasteiger charge is -2.27. The number of hydrogen-bond acceptors (Lipinski definition) is 4. The van der Waals surface area contributed by atoms with Crippen molar-refractivity contribution in [3.63, 3.8) is 0 Å². The third-order valence-corrected chi connectivity index (χ3v) is 4.09. The highest BCUT2D eigenvalue weighted by Crippen LogP contribution is 2.23. The minimum absolute atomic E-state index is 0.117. The molecule has 2 amide bonds. The fourth-order valence-corrected chi connectivity index (χ4v) is 2.76. The van der Waals surface area contributed by atoms with Gasteiger partial charge in [0.05, 0.1) is 0 Å². The van der Waals surface area contributed by atoms with Gasteiger partial charge < -0.3 is 20.3 Å². The lowest BCUT2D eigenvalue weighted by molar-refractivity contribution is 0.174. The average molecular weight is 295 g/mol. The van der Waals surface area contributed by atoms with Gasteiger partial charge >= 0.3 is 6.03 Å². The summed E-state index contributed by atoms with van der Waals surface area (Å²) in [5.41, 5.74) is 0. The highest BCUT2D eigenvalue weighted by molar-refractivity contribution is 5.74. The van der Waals surface area contributed by atoms with Gasteiger partial charge in [-0.3, -0.25) is 0 Å². The van der Waals surface area contributed by atoms with Crippen LogP contribution in [0.5, 0.6) is 0 Å². The summed E-state index contributed by atoms with van der Waals surface area (Å²) in [5.74, 6) is 1.34. The van der Waals surface area contributed by atoms with Crippen LogP contribution >= 0.6 is 0 Å². The van der Waals surface area contributed by atoms with Crippen LogP contribution in [0, 0.1) is 5.92 Å². The van der Waals surface area contributed by atoms with Crippen LogP contribution in [0.1, 0.15) is 38.4 Å². The van der Waals surface area contributed by atoms with Crippen molar-refractivity contribution in [3.8, 4) is 0 Å². The van der Waals surface area contributed by atoms with E-state index in [0.29, 0.717) is 19.0 Å². The number of urea groups is 1. The Morgan fingerprint density at radius 3 is 2.86 bits per heavy atom. The molecule has 0 saturated heterocycles. The van der Waals surface area contributed by atoms with Crippen LogP contribution in [-0.4, -0.2) is 45.1 Å². The molecule has 1 aromatic rings. The minimum Gasteiger partial charge on any atom is -0.396 e. The van der Waals surface area contributed by atoms with E-state index >= 15 is 0 Å². The Labute approximate surface area is 125 Å². The Morgan fingerprint density at radius 2 is 2.19 bits per heavy atom.